The van der Waals surface area contributed by atoms with Crippen LogP contribution >= 0.6 is 0 Å². The maximum Gasteiger partial charge on any atom is 0.236 e. The van der Waals surface area contributed by atoms with Crippen LogP contribution in [-0.4, -0.2) is 50.0 Å². The van der Waals surface area contributed by atoms with Gasteiger partial charge in [-0.1, -0.05) is 26.7 Å². The SMILES string of the molecule is CCC(CC)C(O)CNC(C)C(=O)NCCCOC. The Morgan fingerprint density at radius 3 is 2.47 bits per heavy atom. The quantitative estimate of drug-likeness (QED) is 0.490. The molecule has 0 spiro atoms. The molecule has 114 valence electrons. The van der Waals surface area contributed by atoms with Gasteiger partial charge in [0.15, 0.2) is 0 Å². The number of amides is 1. The van der Waals surface area contributed by atoms with Gasteiger partial charge in [0.2, 0.25) is 5.91 Å². The van der Waals surface area contributed by atoms with Crippen LogP contribution in [-0.2, 0) is 9.53 Å². The first-order valence-corrected chi connectivity index (χ1v) is 7.24. The van der Waals surface area contributed by atoms with E-state index in [1.165, 1.54) is 0 Å². The zero-order chi connectivity index (χ0) is 14.7. The predicted octanol–water partition coefficient (Wildman–Crippen LogP) is 0.914. The van der Waals surface area contributed by atoms with E-state index in [0.29, 0.717) is 25.6 Å². The molecule has 0 heterocycles. The van der Waals surface area contributed by atoms with Gasteiger partial charge in [0.25, 0.3) is 0 Å². The van der Waals surface area contributed by atoms with Crippen LogP contribution in [0, 0.1) is 5.92 Å². The minimum atomic E-state index is -0.390. The average Bonchev–Trinajstić information content (AvgIpc) is 2.42. The van der Waals surface area contributed by atoms with E-state index < -0.39 is 6.10 Å². The van der Waals surface area contributed by atoms with Crippen LogP contribution in [0.15, 0.2) is 0 Å². The minimum absolute atomic E-state index is 0.0344. The summed E-state index contributed by atoms with van der Waals surface area (Å²) in [5, 5.41) is 15.9. The number of carbonyl (C=O) groups excluding carboxylic acids is 1. The van der Waals surface area contributed by atoms with E-state index in [1.807, 2.05) is 6.92 Å². The van der Waals surface area contributed by atoms with Crippen LogP contribution in [0.5, 0.6) is 0 Å². The molecule has 0 aliphatic carbocycles. The summed E-state index contributed by atoms with van der Waals surface area (Å²) >= 11 is 0. The van der Waals surface area contributed by atoms with Crippen molar-refractivity contribution in [2.45, 2.75) is 52.2 Å². The number of hydrogen-bond acceptors (Lipinski definition) is 4. The normalized spacial score (nSPS) is 14.4. The Morgan fingerprint density at radius 2 is 1.95 bits per heavy atom. The fraction of sp³-hybridized carbons (Fsp3) is 0.929. The number of nitrogens with one attached hydrogen (secondary N) is 2. The van der Waals surface area contributed by atoms with Crippen molar-refractivity contribution in [1.29, 1.82) is 0 Å². The Morgan fingerprint density at radius 1 is 1.32 bits per heavy atom. The van der Waals surface area contributed by atoms with Gasteiger partial charge in [-0.15, -0.1) is 0 Å². The van der Waals surface area contributed by atoms with Gasteiger partial charge < -0.3 is 20.5 Å². The highest BCUT2D eigenvalue weighted by Gasteiger charge is 2.18. The molecule has 0 saturated heterocycles. The highest BCUT2D eigenvalue weighted by atomic mass is 16.5. The van der Waals surface area contributed by atoms with Gasteiger partial charge in [-0.25, -0.2) is 0 Å². The summed E-state index contributed by atoms with van der Waals surface area (Å²) in [5.74, 6) is 0.261. The van der Waals surface area contributed by atoms with Gasteiger partial charge in [0, 0.05) is 26.8 Å². The van der Waals surface area contributed by atoms with Crippen LogP contribution in [0.4, 0.5) is 0 Å². The molecule has 0 aromatic heterocycles. The molecule has 2 unspecified atom stereocenters. The van der Waals surface area contributed by atoms with Crippen molar-refractivity contribution in [3.8, 4) is 0 Å². The third-order valence-corrected chi connectivity index (χ3v) is 3.44. The average molecular weight is 274 g/mol. The molecule has 2 atom stereocenters. The van der Waals surface area contributed by atoms with Gasteiger partial charge in [0.1, 0.15) is 0 Å². The Hall–Kier alpha value is -0.650. The molecule has 0 rings (SSSR count). The largest absolute Gasteiger partial charge is 0.392 e. The van der Waals surface area contributed by atoms with Crippen LogP contribution in [0.25, 0.3) is 0 Å². The number of carbonyl (C=O) groups is 1. The van der Waals surface area contributed by atoms with Crippen molar-refractivity contribution >= 4 is 5.91 Å². The van der Waals surface area contributed by atoms with Crippen LogP contribution in [0.2, 0.25) is 0 Å². The lowest BCUT2D eigenvalue weighted by Gasteiger charge is -2.22. The van der Waals surface area contributed by atoms with E-state index in [4.69, 9.17) is 4.74 Å². The number of hydrogen-bond donors (Lipinski definition) is 3. The fourth-order valence-electron chi connectivity index (χ4n) is 1.97. The van der Waals surface area contributed by atoms with Gasteiger partial charge in [-0.2, -0.15) is 0 Å². The molecule has 0 bridgehead atoms. The predicted molar refractivity (Wildman–Crippen MR) is 77.0 cm³/mol. The van der Waals surface area contributed by atoms with Crippen LogP contribution < -0.4 is 10.6 Å². The molecule has 0 aromatic carbocycles. The number of methoxy groups -OCH3 is 1. The number of aliphatic hydroxyl groups excluding tert-OH is 1. The Balaban J connectivity index is 3.83. The molecule has 5 nitrogen and oxygen atoms in total. The van der Waals surface area contributed by atoms with E-state index in [-0.39, 0.29) is 11.9 Å². The Kier molecular flexibility index (Phi) is 10.8. The Bertz CT molecular complexity index is 233. The molecule has 0 radical (unpaired) electrons. The molecule has 0 fully saturated rings. The maximum absolute atomic E-state index is 11.7. The van der Waals surface area contributed by atoms with Gasteiger partial charge in [-0.3, -0.25) is 4.79 Å². The van der Waals surface area contributed by atoms with Gasteiger partial charge >= 0.3 is 0 Å². The van der Waals surface area contributed by atoms with Crippen molar-refractivity contribution in [2.75, 3.05) is 26.8 Å². The van der Waals surface area contributed by atoms with E-state index in [9.17, 15) is 9.90 Å². The second-order valence-corrected chi connectivity index (χ2v) is 4.91. The molecular formula is C14H30N2O3. The first-order chi connectivity index (χ1) is 9.06. The van der Waals surface area contributed by atoms with E-state index >= 15 is 0 Å². The lowest BCUT2D eigenvalue weighted by Crippen LogP contribution is -2.46. The van der Waals surface area contributed by atoms with Crippen LogP contribution in [0.3, 0.4) is 0 Å². The van der Waals surface area contributed by atoms with Gasteiger partial charge in [-0.05, 0) is 19.3 Å². The van der Waals surface area contributed by atoms with E-state index in [0.717, 1.165) is 19.3 Å². The maximum atomic E-state index is 11.7. The molecule has 0 aromatic rings. The zero-order valence-electron chi connectivity index (χ0n) is 12.7. The minimum Gasteiger partial charge on any atom is -0.392 e. The van der Waals surface area contributed by atoms with Crippen molar-refractivity contribution in [3.05, 3.63) is 0 Å². The summed E-state index contributed by atoms with van der Waals surface area (Å²) in [7, 11) is 1.64. The molecule has 5 heteroatoms. The second kappa shape index (κ2) is 11.2. The highest BCUT2D eigenvalue weighted by Crippen LogP contribution is 2.12. The van der Waals surface area contributed by atoms with Crippen molar-refractivity contribution in [1.82, 2.24) is 10.6 Å². The number of ether oxygens (including phenoxy) is 1. The van der Waals surface area contributed by atoms with E-state index in [1.54, 1.807) is 7.11 Å². The smallest absolute Gasteiger partial charge is 0.236 e. The molecule has 1 amide bonds. The summed E-state index contributed by atoms with van der Waals surface area (Å²) in [4.78, 5) is 11.7. The summed E-state index contributed by atoms with van der Waals surface area (Å²) < 4.78 is 4.91. The molecule has 0 aliphatic rings. The standard InChI is InChI=1S/C14H30N2O3/c1-5-12(6-2)13(17)10-16-11(3)14(18)15-8-7-9-19-4/h11-13,16-17H,5-10H2,1-4H3,(H,15,18). The number of rotatable bonds is 11. The highest BCUT2D eigenvalue weighted by molar-refractivity contribution is 5.81. The van der Waals surface area contributed by atoms with Crippen molar-refractivity contribution in [2.24, 2.45) is 5.92 Å². The van der Waals surface area contributed by atoms with Crippen molar-refractivity contribution < 1.29 is 14.6 Å². The summed E-state index contributed by atoms with van der Waals surface area (Å²) in [6.07, 6.45) is 2.33. The second-order valence-electron chi connectivity index (χ2n) is 4.91. The van der Waals surface area contributed by atoms with E-state index in [2.05, 4.69) is 24.5 Å². The van der Waals surface area contributed by atoms with Crippen LogP contribution in [0.1, 0.15) is 40.0 Å². The Labute approximate surface area is 117 Å². The molecule has 0 aliphatic heterocycles. The lowest BCUT2D eigenvalue weighted by molar-refractivity contribution is -0.122. The summed E-state index contributed by atoms with van der Waals surface area (Å²) in [5.41, 5.74) is 0. The topological polar surface area (TPSA) is 70.6 Å². The molecular weight excluding hydrogens is 244 g/mol. The molecule has 19 heavy (non-hydrogen) atoms. The third-order valence-electron chi connectivity index (χ3n) is 3.44. The summed E-state index contributed by atoms with van der Waals surface area (Å²) in [6, 6.07) is -0.286. The monoisotopic (exact) mass is 274 g/mol. The number of aliphatic hydroxyl groups is 1. The van der Waals surface area contributed by atoms with Gasteiger partial charge in [0.05, 0.1) is 12.1 Å². The molecule has 3 N–H and O–H groups in total. The third kappa shape index (κ3) is 8.18. The lowest BCUT2D eigenvalue weighted by atomic mass is 9.96. The van der Waals surface area contributed by atoms with Crippen molar-refractivity contribution in [3.63, 3.8) is 0 Å². The summed E-state index contributed by atoms with van der Waals surface area (Å²) in [6.45, 7) is 7.68. The zero-order valence-corrected chi connectivity index (χ0v) is 12.7. The first kappa shape index (κ1) is 18.4. The molecule has 0 saturated carbocycles. The fourth-order valence-corrected chi connectivity index (χ4v) is 1.97. The first-order valence-electron chi connectivity index (χ1n) is 7.24.